The van der Waals surface area contributed by atoms with Gasteiger partial charge in [0.2, 0.25) is 0 Å². The summed E-state index contributed by atoms with van der Waals surface area (Å²) in [5, 5.41) is 4.70. The number of imidazole rings is 1. The number of nitrogens with two attached hydrogens (primary N) is 1. The molecule has 7 heteroatoms. The van der Waals surface area contributed by atoms with Gasteiger partial charge in [-0.05, 0) is 56.0 Å². The van der Waals surface area contributed by atoms with Crippen LogP contribution in [-0.4, -0.2) is 31.4 Å². The molecule has 0 bridgehead atoms. The van der Waals surface area contributed by atoms with Crippen molar-refractivity contribution in [1.29, 1.82) is 0 Å². The van der Waals surface area contributed by atoms with Gasteiger partial charge >= 0.3 is 0 Å². The number of fused-ring (bicyclic) bond motifs is 1. The van der Waals surface area contributed by atoms with Gasteiger partial charge in [-0.15, -0.1) is 0 Å². The number of hydrogen-bond acceptors (Lipinski definition) is 5. The highest BCUT2D eigenvalue weighted by Gasteiger charge is 2.24. The molecule has 2 aromatic heterocycles. The molecule has 33 heavy (non-hydrogen) atoms. The molecule has 7 nitrogen and oxygen atoms in total. The third kappa shape index (κ3) is 5.31. The monoisotopic (exact) mass is 442 g/mol. The first-order valence-corrected chi connectivity index (χ1v) is 11.1. The Morgan fingerprint density at radius 2 is 2.18 bits per heavy atom. The number of hydrogen-bond donors (Lipinski definition) is 1. The summed E-state index contributed by atoms with van der Waals surface area (Å²) in [6.07, 6.45) is 18.1. The molecule has 4 rings (SSSR count). The van der Waals surface area contributed by atoms with E-state index in [0.717, 1.165) is 60.0 Å². The average molecular weight is 443 g/mol. The Bertz CT molecular complexity index is 1210. The van der Waals surface area contributed by atoms with Crippen molar-refractivity contribution in [1.82, 2.24) is 24.3 Å². The number of nitrogens with zero attached hydrogens (tertiary/aromatic N) is 5. The molecule has 0 radical (unpaired) electrons. The van der Waals surface area contributed by atoms with Gasteiger partial charge in [0.25, 0.3) is 0 Å². The van der Waals surface area contributed by atoms with Crippen molar-refractivity contribution in [3.8, 4) is 11.4 Å². The molecule has 0 fully saturated rings. The van der Waals surface area contributed by atoms with Gasteiger partial charge in [0.15, 0.2) is 5.82 Å². The van der Waals surface area contributed by atoms with Gasteiger partial charge < -0.3 is 15.0 Å². The van der Waals surface area contributed by atoms with Crippen molar-refractivity contribution >= 4 is 12.2 Å². The number of allylic oxidation sites excluding steroid dienone is 5. The molecule has 2 N–H and O–H groups in total. The Balaban J connectivity index is 1.51. The van der Waals surface area contributed by atoms with E-state index < -0.39 is 0 Å². The fourth-order valence-corrected chi connectivity index (χ4v) is 4.06. The molecule has 3 heterocycles. The smallest absolute Gasteiger partial charge is 0.174 e. The molecule has 1 aromatic carbocycles. The number of methoxy groups -OCH3 is 1. The van der Waals surface area contributed by atoms with Crippen molar-refractivity contribution in [3.05, 3.63) is 90.2 Å². The van der Waals surface area contributed by atoms with Crippen LogP contribution in [0.15, 0.2) is 67.3 Å². The van der Waals surface area contributed by atoms with E-state index in [0.29, 0.717) is 5.82 Å². The van der Waals surface area contributed by atoms with Crippen LogP contribution in [0.1, 0.15) is 48.1 Å². The first-order chi connectivity index (χ1) is 16.1. The van der Waals surface area contributed by atoms with E-state index in [1.165, 1.54) is 0 Å². The van der Waals surface area contributed by atoms with Crippen molar-refractivity contribution in [2.24, 2.45) is 5.73 Å². The fraction of sp³-hybridized carbons (Fsp3) is 0.269. The molecule has 3 aromatic rings. The number of aromatic nitrogens is 5. The zero-order valence-corrected chi connectivity index (χ0v) is 19.2. The second-order valence-corrected chi connectivity index (χ2v) is 8.14. The van der Waals surface area contributed by atoms with Gasteiger partial charge in [-0.3, -0.25) is 0 Å². The molecule has 1 atom stereocenters. The van der Waals surface area contributed by atoms with Crippen LogP contribution in [0.3, 0.4) is 0 Å². The van der Waals surface area contributed by atoms with Crippen LogP contribution in [0.5, 0.6) is 5.75 Å². The summed E-state index contributed by atoms with van der Waals surface area (Å²) in [5.74, 6) is 2.77. The molecule has 0 aliphatic carbocycles. The predicted molar refractivity (Wildman–Crippen MR) is 132 cm³/mol. The maximum Gasteiger partial charge on any atom is 0.174 e. The Labute approximate surface area is 194 Å². The molecule has 0 saturated heterocycles. The third-order valence-corrected chi connectivity index (χ3v) is 5.66. The van der Waals surface area contributed by atoms with Crippen LogP contribution >= 0.6 is 0 Å². The first kappa shape index (κ1) is 22.3. The predicted octanol–water partition coefficient (Wildman–Crippen LogP) is 4.80. The molecule has 0 unspecified atom stereocenters. The largest absolute Gasteiger partial charge is 0.495 e. The molecule has 0 spiro atoms. The van der Waals surface area contributed by atoms with Crippen molar-refractivity contribution in [2.75, 3.05) is 7.11 Å². The minimum atomic E-state index is 0.278. The minimum Gasteiger partial charge on any atom is -0.495 e. The van der Waals surface area contributed by atoms with Crippen molar-refractivity contribution < 1.29 is 4.74 Å². The summed E-state index contributed by atoms with van der Waals surface area (Å²) < 4.78 is 9.59. The van der Waals surface area contributed by atoms with E-state index in [4.69, 9.17) is 20.6 Å². The Hall–Kier alpha value is -3.87. The lowest BCUT2D eigenvalue weighted by Crippen LogP contribution is -2.18. The molecule has 0 amide bonds. The second kappa shape index (κ2) is 10.2. The van der Waals surface area contributed by atoms with Crippen molar-refractivity contribution in [2.45, 2.75) is 38.6 Å². The molecular formula is C26H30N6O. The summed E-state index contributed by atoms with van der Waals surface area (Å²) in [5.41, 5.74) is 9.97. The van der Waals surface area contributed by atoms with Gasteiger partial charge in [0, 0.05) is 24.4 Å². The summed E-state index contributed by atoms with van der Waals surface area (Å²) >= 11 is 0. The van der Waals surface area contributed by atoms with Gasteiger partial charge in [0.05, 0.1) is 24.8 Å². The lowest BCUT2D eigenvalue weighted by molar-refractivity contribution is 0.412. The lowest BCUT2D eigenvalue weighted by Gasteiger charge is -2.21. The van der Waals surface area contributed by atoms with Crippen LogP contribution in [0, 0.1) is 6.92 Å². The van der Waals surface area contributed by atoms with Gasteiger partial charge in [-0.2, -0.15) is 5.10 Å². The number of aryl methyl sites for hydroxylation is 2. The second-order valence-electron chi connectivity index (χ2n) is 8.14. The minimum absolute atomic E-state index is 0.278. The highest BCUT2D eigenvalue weighted by atomic mass is 16.5. The lowest BCUT2D eigenvalue weighted by atomic mass is 9.94. The quantitative estimate of drug-likeness (QED) is 0.507. The molecule has 170 valence electrons. The van der Waals surface area contributed by atoms with Crippen LogP contribution in [0.4, 0.5) is 0 Å². The number of rotatable bonds is 8. The normalized spacial score (nSPS) is 16.4. The summed E-state index contributed by atoms with van der Waals surface area (Å²) in [4.78, 5) is 9.11. The Morgan fingerprint density at radius 3 is 2.94 bits per heavy atom. The maximum absolute atomic E-state index is 6.21. The SMILES string of the molecule is C=C/C=C\C=C(\N)C[C@@H]1CCCn2nc(/C=C/c3ccc(-n4cnc(C)c4)c(OC)c3)nc21. The topological polar surface area (TPSA) is 83.8 Å². The molecular weight excluding hydrogens is 412 g/mol. The van der Waals surface area contributed by atoms with Crippen LogP contribution < -0.4 is 10.5 Å². The summed E-state index contributed by atoms with van der Waals surface area (Å²) in [6, 6.07) is 6.07. The van der Waals surface area contributed by atoms with Crippen molar-refractivity contribution in [3.63, 3.8) is 0 Å². The van der Waals surface area contributed by atoms with E-state index in [-0.39, 0.29) is 5.92 Å². The Morgan fingerprint density at radius 1 is 1.30 bits per heavy atom. The van der Waals surface area contributed by atoms with Crippen LogP contribution in [0.25, 0.3) is 17.8 Å². The van der Waals surface area contributed by atoms with Gasteiger partial charge in [-0.25, -0.2) is 14.6 Å². The summed E-state index contributed by atoms with van der Waals surface area (Å²) in [7, 11) is 1.68. The van der Waals surface area contributed by atoms with E-state index >= 15 is 0 Å². The molecule has 0 saturated carbocycles. The number of ether oxygens (including phenoxy) is 1. The Kier molecular flexibility index (Phi) is 6.88. The van der Waals surface area contributed by atoms with E-state index in [1.54, 1.807) is 19.5 Å². The van der Waals surface area contributed by atoms with Crippen LogP contribution in [-0.2, 0) is 6.54 Å². The highest BCUT2D eigenvalue weighted by molar-refractivity contribution is 5.69. The third-order valence-electron chi connectivity index (χ3n) is 5.66. The molecule has 1 aliphatic rings. The zero-order chi connectivity index (χ0) is 23.2. The maximum atomic E-state index is 6.21. The summed E-state index contributed by atoms with van der Waals surface area (Å²) in [6.45, 7) is 6.53. The van der Waals surface area contributed by atoms with Crippen LogP contribution in [0.2, 0.25) is 0 Å². The van der Waals surface area contributed by atoms with E-state index in [2.05, 4.69) is 11.6 Å². The first-order valence-electron chi connectivity index (χ1n) is 11.1. The standard InChI is InChI=1S/C26H30N6O/c1-4-5-6-9-22(27)16-21-8-7-14-32-26(21)29-25(30-32)13-11-20-10-12-23(24(15-20)33-3)31-17-19(2)28-18-31/h4-6,9-13,15,17-18,21H,1,7-8,14,16,27H2,2-3H3/b6-5-,13-11+,22-9+/t21-/m0/s1. The zero-order valence-electron chi connectivity index (χ0n) is 19.2. The average Bonchev–Trinajstić information content (AvgIpc) is 3.44. The van der Waals surface area contributed by atoms with E-state index in [9.17, 15) is 0 Å². The van der Waals surface area contributed by atoms with E-state index in [1.807, 2.05) is 70.9 Å². The fourth-order valence-electron chi connectivity index (χ4n) is 4.06. The number of benzene rings is 1. The highest BCUT2D eigenvalue weighted by Crippen LogP contribution is 2.30. The molecule has 1 aliphatic heterocycles. The van der Waals surface area contributed by atoms with Gasteiger partial charge in [-0.1, -0.05) is 36.9 Å². The van der Waals surface area contributed by atoms with Gasteiger partial charge in [0.1, 0.15) is 11.6 Å².